The number of hydrogen-bond donors (Lipinski definition) is 0. The number of fused-ring (bicyclic) bond motifs is 1. The number of carbonyl (C=O) groups is 1. The average molecular weight is 173 g/mol. The van der Waals surface area contributed by atoms with Crippen LogP contribution < -0.4 is 0 Å². The molecule has 0 fully saturated rings. The van der Waals surface area contributed by atoms with Gasteiger partial charge in [0.25, 0.3) is 0 Å². The summed E-state index contributed by atoms with van der Waals surface area (Å²) in [5.74, 6) is 0. The molecule has 0 saturated heterocycles. The third-order valence-corrected chi connectivity index (χ3v) is 2.74. The first-order valence-electron chi connectivity index (χ1n) is 4.30. The van der Waals surface area contributed by atoms with E-state index in [9.17, 15) is 4.79 Å². The Kier molecular flexibility index (Phi) is 1.59. The van der Waals surface area contributed by atoms with Gasteiger partial charge in [-0.1, -0.05) is 18.2 Å². The van der Waals surface area contributed by atoms with Gasteiger partial charge in [0.15, 0.2) is 0 Å². The van der Waals surface area contributed by atoms with Crippen molar-refractivity contribution >= 4 is 17.7 Å². The number of benzene rings is 1. The second-order valence-electron chi connectivity index (χ2n) is 3.53. The van der Waals surface area contributed by atoms with Crippen LogP contribution in [0.3, 0.4) is 0 Å². The maximum atomic E-state index is 11.0. The summed E-state index contributed by atoms with van der Waals surface area (Å²) in [5, 5.41) is 0. The van der Waals surface area contributed by atoms with Crippen molar-refractivity contribution < 1.29 is 4.79 Å². The van der Waals surface area contributed by atoms with Crippen LogP contribution in [-0.2, 0) is 10.2 Å². The molecule has 0 N–H and O–H groups in total. The summed E-state index contributed by atoms with van der Waals surface area (Å²) in [6, 6.07) is 7.78. The molecule has 1 atom stereocenters. The smallest absolute Gasteiger partial charge is 0.135 e. The van der Waals surface area contributed by atoms with E-state index in [4.69, 9.17) is 0 Å². The van der Waals surface area contributed by atoms with Crippen LogP contribution in [0.2, 0.25) is 0 Å². The fourth-order valence-corrected chi connectivity index (χ4v) is 1.65. The SMILES string of the molecule is CC1=Nc2ccccc2C1(C)C=O. The van der Waals surface area contributed by atoms with Crippen molar-refractivity contribution in [2.24, 2.45) is 4.99 Å². The molecule has 66 valence electrons. The van der Waals surface area contributed by atoms with Gasteiger partial charge in [0.2, 0.25) is 0 Å². The molecule has 1 unspecified atom stereocenters. The topological polar surface area (TPSA) is 29.4 Å². The Bertz CT molecular complexity index is 395. The second kappa shape index (κ2) is 2.52. The number of nitrogens with zero attached hydrogens (tertiary/aromatic N) is 1. The molecular formula is C11H11NO. The lowest BCUT2D eigenvalue weighted by molar-refractivity contribution is -0.110. The Morgan fingerprint density at radius 1 is 1.38 bits per heavy atom. The Hall–Kier alpha value is -1.44. The van der Waals surface area contributed by atoms with Crippen LogP contribution in [0.4, 0.5) is 5.69 Å². The average Bonchev–Trinajstić information content (AvgIpc) is 2.41. The van der Waals surface area contributed by atoms with Gasteiger partial charge in [-0.3, -0.25) is 4.99 Å². The van der Waals surface area contributed by atoms with Crippen LogP contribution in [0, 0.1) is 0 Å². The Morgan fingerprint density at radius 3 is 2.77 bits per heavy atom. The molecular weight excluding hydrogens is 162 g/mol. The zero-order valence-corrected chi connectivity index (χ0v) is 7.74. The largest absolute Gasteiger partial charge is 0.302 e. The highest BCUT2D eigenvalue weighted by atomic mass is 16.1. The predicted octanol–water partition coefficient (Wildman–Crippen LogP) is 2.25. The Balaban J connectivity index is 2.68. The maximum Gasteiger partial charge on any atom is 0.135 e. The Labute approximate surface area is 77.3 Å². The summed E-state index contributed by atoms with van der Waals surface area (Å²) < 4.78 is 0. The summed E-state index contributed by atoms with van der Waals surface area (Å²) in [5.41, 5.74) is 2.32. The van der Waals surface area contributed by atoms with Gasteiger partial charge in [-0.05, 0) is 25.5 Å². The van der Waals surface area contributed by atoms with Crippen molar-refractivity contribution in [1.29, 1.82) is 0 Å². The molecule has 0 aromatic heterocycles. The van der Waals surface area contributed by atoms with E-state index in [1.165, 1.54) is 0 Å². The lowest BCUT2D eigenvalue weighted by Crippen LogP contribution is -2.28. The lowest BCUT2D eigenvalue weighted by Gasteiger charge is -2.17. The standard InChI is InChI=1S/C11H11NO/c1-8-11(2,7-13)9-5-3-4-6-10(9)12-8/h3-7H,1-2H3. The molecule has 1 aliphatic rings. The minimum absolute atomic E-state index is 0.503. The number of aldehydes is 1. The molecule has 0 spiro atoms. The van der Waals surface area contributed by atoms with Crippen molar-refractivity contribution in [1.82, 2.24) is 0 Å². The number of aliphatic imine (C=N–C) groups is 1. The van der Waals surface area contributed by atoms with Crippen molar-refractivity contribution in [3.05, 3.63) is 29.8 Å². The minimum atomic E-state index is -0.503. The first kappa shape index (κ1) is 8.17. The summed E-state index contributed by atoms with van der Waals surface area (Å²) >= 11 is 0. The third-order valence-electron chi connectivity index (χ3n) is 2.74. The first-order valence-corrected chi connectivity index (χ1v) is 4.30. The van der Waals surface area contributed by atoms with E-state index in [0.29, 0.717) is 0 Å². The van der Waals surface area contributed by atoms with Crippen molar-refractivity contribution in [2.75, 3.05) is 0 Å². The van der Waals surface area contributed by atoms with E-state index in [1.54, 1.807) is 0 Å². The molecule has 0 aliphatic carbocycles. The molecule has 2 rings (SSSR count). The van der Waals surface area contributed by atoms with Crippen LogP contribution >= 0.6 is 0 Å². The number of hydrogen-bond acceptors (Lipinski definition) is 2. The molecule has 1 aromatic rings. The fraction of sp³-hybridized carbons (Fsp3) is 0.273. The fourth-order valence-electron chi connectivity index (χ4n) is 1.65. The van der Waals surface area contributed by atoms with Gasteiger partial charge in [-0.15, -0.1) is 0 Å². The highest BCUT2D eigenvalue weighted by molar-refractivity contribution is 6.11. The van der Waals surface area contributed by atoms with E-state index in [-0.39, 0.29) is 0 Å². The zero-order chi connectivity index (χ0) is 9.47. The maximum absolute atomic E-state index is 11.0. The molecule has 0 radical (unpaired) electrons. The number of para-hydroxylation sites is 1. The molecule has 2 nitrogen and oxygen atoms in total. The highest BCUT2D eigenvalue weighted by Crippen LogP contribution is 2.38. The molecule has 13 heavy (non-hydrogen) atoms. The summed E-state index contributed by atoms with van der Waals surface area (Å²) in [6.07, 6.45) is 0.970. The van der Waals surface area contributed by atoms with E-state index < -0.39 is 5.41 Å². The molecule has 1 heterocycles. The molecule has 0 bridgehead atoms. The normalized spacial score (nSPS) is 25.2. The van der Waals surface area contributed by atoms with Crippen LogP contribution in [-0.4, -0.2) is 12.0 Å². The van der Waals surface area contributed by atoms with Gasteiger partial charge in [0.05, 0.1) is 11.1 Å². The Morgan fingerprint density at radius 2 is 2.08 bits per heavy atom. The lowest BCUT2D eigenvalue weighted by atomic mass is 9.82. The predicted molar refractivity (Wildman–Crippen MR) is 52.6 cm³/mol. The molecule has 0 saturated carbocycles. The van der Waals surface area contributed by atoms with Crippen molar-refractivity contribution in [2.45, 2.75) is 19.3 Å². The van der Waals surface area contributed by atoms with E-state index in [2.05, 4.69) is 4.99 Å². The van der Waals surface area contributed by atoms with Gasteiger partial charge in [0.1, 0.15) is 6.29 Å². The van der Waals surface area contributed by atoms with Crippen molar-refractivity contribution in [3.8, 4) is 0 Å². The molecule has 1 aliphatic heterocycles. The van der Waals surface area contributed by atoms with Crippen LogP contribution in [0.15, 0.2) is 29.3 Å². The summed E-state index contributed by atoms with van der Waals surface area (Å²) in [4.78, 5) is 15.4. The third kappa shape index (κ3) is 0.949. The molecule has 1 aromatic carbocycles. The van der Waals surface area contributed by atoms with Crippen LogP contribution in [0.1, 0.15) is 19.4 Å². The van der Waals surface area contributed by atoms with E-state index in [0.717, 1.165) is 23.2 Å². The quantitative estimate of drug-likeness (QED) is 0.599. The van der Waals surface area contributed by atoms with E-state index in [1.807, 2.05) is 38.1 Å². The van der Waals surface area contributed by atoms with Gasteiger partial charge < -0.3 is 4.79 Å². The van der Waals surface area contributed by atoms with Gasteiger partial charge in [-0.25, -0.2) is 0 Å². The van der Waals surface area contributed by atoms with Gasteiger partial charge in [-0.2, -0.15) is 0 Å². The summed E-state index contributed by atoms with van der Waals surface area (Å²) in [7, 11) is 0. The monoisotopic (exact) mass is 173 g/mol. The van der Waals surface area contributed by atoms with Gasteiger partial charge in [0, 0.05) is 5.71 Å². The van der Waals surface area contributed by atoms with Crippen molar-refractivity contribution in [3.63, 3.8) is 0 Å². The molecule has 0 amide bonds. The van der Waals surface area contributed by atoms with E-state index >= 15 is 0 Å². The molecule has 2 heteroatoms. The second-order valence-corrected chi connectivity index (χ2v) is 3.53. The highest BCUT2D eigenvalue weighted by Gasteiger charge is 2.36. The minimum Gasteiger partial charge on any atom is -0.302 e. The number of carbonyl (C=O) groups excluding carboxylic acids is 1. The first-order chi connectivity index (χ1) is 6.18. The van der Waals surface area contributed by atoms with Crippen LogP contribution in [0.5, 0.6) is 0 Å². The summed E-state index contributed by atoms with van der Waals surface area (Å²) in [6.45, 7) is 3.80. The van der Waals surface area contributed by atoms with Gasteiger partial charge >= 0.3 is 0 Å². The van der Waals surface area contributed by atoms with Crippen LogP contribution in [0.25, 0.3) is 0 Å². The number of rotatable bonds is 1. The zero-order valence-electron chi connectivity index (χ0n) is 7.74.